The quantitative estimate of drug-likeness (QED) is 0.752. The number of nitrogens with one attached hydrogen (secondary N) is 3. The van der Waals surface area contributed by atoms with Crippen LogP contribution < -0.4 is 10.6 Å². The number of H-pyrrole nitrogens is 1. The minimum absolute atomic E-state index is 0.386. The Labute approximate surface area is 107 Å². The number of nitrogens with zero attached hydrogens (tertiary/aromatic N) is 1. The van der Waals surface area contributed by atoms with E-state index in [1.54, 1.807) is 6.33 Å². The molecule has 1 unspecified atom stereocenters. The first-order valence-electron chi connectivity index (χ1n) is 6.54. The zero-order valence-corrected chi connectivity index (χ0v) is 11.0. The zero-order chi connectivity index (χ0) is 12.6. The van der Waals surface area contributed by atoms with E-state index in [1.807, 2.05) is 7.05 Å². The predicted molar refractivity (Wildman–Crippen MR) is 73.5 cm³/mol. The average molecular weight is 244 g/mol. The van der Waals surface area contributed by atoms with Crippen molar-refractivity contribution in [3.63, 3.8) is 0 Å². The summed E-state index contributed by atoms with van der Waals surface area (Å²) in [5.74, 6) is 0. The fourth-order valence-corrected chi connectivity index (χ4v) is 3.04. The third-order valence-electron chi connectivity index (χ3n) is 4.10. The van der Waals surface area contributed by atoms with E-state index < -0.39 is 0 Å². The highest BCUT2D eigenvalue weighted by molar-refractivity contribution is 5.75. The Bertz CT molecular complexity index is 541. The summed E-state index contributed by atoms with van der Waals surface area (Å²) in [6, 6.07) is 6.93. The number of benzene rings is 1. The molecule has 3 N–H and O–H groups in total. The molecule has 96 valence electrons. The highest BCUT2D eigenvalue weighted by Crippen LogP contribution is 2.54. The molecule has 0 amide bonds. The van der Waals surface area contributed by atoms with Gasteiger partial charge in [-0.25, -0.2) is 4.98 Å². The SMILES string of the molecule is CNCC1(C(NC)c2ccc3nc[nH]c3c2)CC1. The normalized spacial score (nSPS) is 19.0. The number of fused-ring (bicyclic) bond motifs is 1. The van der Waals surface area contributed by atoms with Crippen molar-refractivity contribution in [2.24, 2.45) is 5.41 Å². The van der Waals surface area contributed by atoms with E-state index in [0.717, 1.165) is 17.6 Å². The second kappa shape index (κ2) is 4.37. The van der Waals surface area contributed by atoms with E-state index in [1.165, 1.54) is 18.4 Å². The summed E-state index contributed by atoms with van der Waals surface area (Å²) < 4.78 is 0. The highest BCUT2D eigenvalue weighted by atomic mass is 15.0. The molecule has 1 saturated carbocycles. The molecule has 0 aliphatic heterocycles. The van der Waals surface area contributed by atoms with Crippen molar-refractivity contribution in [2.45, 2.75) is 18.9 Å². The summed E-state index contributed by atoms with van der Waals surface area (Å²) in [7, 11) is 4.09. The van der Waals surface area contributed by atoms with E-state index >= 15 is 0 Å². The maximum atomic E-state index is 4.27. The third-order valence-corrected chi connectivity index (χ3v) is 4.10. The van der Waals surface area contributed by atoms with E-state index in [9.17, 15) is 0 Å². The largest absolute Gasteiger partial charge is 0.345 e. The van der Waals surface area contributed by atoms with E-state index in [0.29, 0.717) is 11.5 Å². The molecule has 1 atom stereocenters. The number of hydrogen-bond acceptors (Lipinski definition) is 3. The van der Waals surface area contributed by atoms with Crippen molar-refractivity contribution in [2.75, 3.05) is 20.6 Å². The first-order chi connectivity index (χ1) is 8.79. The molecule has 3 rings (SSSR count). The summed E-state index contributed by atoms with van der Waals surface area (Å²) in [6.07, 6.45) is 4.34. The summed E-state index contributed by atoms with van der Waals surface area (Å²) in [4.78, 5) is 7.46. The van der Waals surface area contributed by atoms with Crippen molar-refractivity contribution in [1.29, 1.82) is 0 Å². The lowest BCUT2D eigenvalue weighted by molar-refractivity contribution is 0.347. The molecule has 18 heavy (non-hydrogen) atoms. The maximum Gasteiger partial charge on any atom is 0.0931 e. The molecule has 4 heteroatoms. The van der Waals surface area contributed by atoms with Crippen LogP contribution in [-0.4, -0.2) is 30.6 Å². The van der Waals surface area contributed by atoms with Gasteiger partial charge in [-0.05, 0) is 44.6 Å². The minimum atomic E-state index is 0.386. The third kappa shape index (κ3) is 1.82. The van der Waals surface area contributed by atoms with Crippen LogP contribution in [0.3, 0.4) is 0 Å². The van der Waals surface area contributed by atoms with E-state index in [-0.39, 0.29) is 0 Å². The number of aromatic amines is 1. The number of rotatable bonds is 5. The first-order valence-corrected chi connectivity index (χ1v) is 6.54. The lowest BCUT2D eigenvalue weighted by Crippen LogP contribution is -2.33. The lowest BCUT2D eigenvalue weighted by Gasteiger charge is -2.27. The summed E-state index contributed by atoms with van der Waals surface area (Å²) in [6.45, 7) is 1.07. The molecule has 1 aliphatic carbocycles. The Morgan fingerprint density at radius 2 is 2.22 bits per heavy atom. The van der Waals surface area contributed by atoms with Gasteiger partial charge in [-0.1, -0.05) is 6.07 Å². The van der Waals surface area contributed by atoms with Gasteiger partial charge in [0.1, 0.15) is 0 Å². The van der Waals surface area contributed by atoms with Crippen LogP contribution in [0, 0.1) is 5.41 Å². The van der Waals surface area contributed by atoms with Crippen LogP contribution in [0.1, 0.15) is 24.4 Å². The van der Waals surface area contributed by atoms with Crippen molar-refractivity contribution < 1.29 is 0 Å². The van der Waals surface area contributed by atoms with Crippen LogP contribution in [0.2, 0.25) is 0 Å². The van der Waals surface area contributed by atoms with Crippen LogP contribution >= 0.6 is 0 Å². The van der Waals surface area contributed by atoms with Crippen molar-refractivity contribution in [1.82, 2.24) is 20.6 Å². The number of aromatic nitrogens is 2. The summed E-state index contributed by atoms with van der Waals surface area (Å²) in [5, 5.41) is 6.82. The Morgan fingerprint density at radius 3 is 2.89 bits per heavy atom. The molecule has 0 saturated heterocycles. The van der Waals surface area contributed by atoms with Gasteiger partial charge >= 0.3 is 0 Å². The molecule has 0 radical (unpaired) electrons. The molecular weight excluding hydrogens is 224 g/mol. The molecule has 1 aromatic heterocycles. The summed E-state index contributed by atoms with van der Waals surface area (Å²) in [5.41, 5.74) is 3.89. The summed E-state index contributed by atoms with van der Waals surface area (Å²) >= 11 is 0. The van der Waals surface area contributed by atoms with Gasteiger partial charge in [0.2, 0.25) is 0 Å². The molecule has 1 aromatic carbocycles. The van der Waals surface area contributed by atoms with Gasteiger partial charge in [-0.3, -0.25) is 0 Å². The molecular formula is C14H20N4. The van der Waals surface area contributed by atoms with Gasteiger partial charge < -0.3 is 15.6 Å². The van der Waals surface area contributed by atoms with Crippen LogP contribution in [0.5, 0.6) is 0 Å². The molecule has 1 aliphatic rings. The maximum absolute atomic E-state index is 4.27. The van der Waals surface area contributed by atoms with E-state index in [2.05, 4.69) is 45.8 Å². The van der Waals surface area contributed by atoms with Crippen LogP contribution in [0.15, 0.2) is 24.5 Å². The monoisotopic (exact) mass is 244 g/mol. The molecule has 1 fully saturated rings. The second-order valence-electron chi connectivity index (χ2n) is 5.29. The molecule has 2 aromatic rings. The predicted octanol–water partition coefficient (Wildman–Crippen LogP) is 1.82. The minimum Gasteiger partial charge on any atom is -0.345 e. The van der Waals surface area contributed by atoms with Gasteiger partial charge in [0.15, 0.2) is 0 Å². The highest BCUT2D eigenvalue weighted by Gasteiger charge is 2.48. The van der Waals surface area contributed by atoms with Crippen LogP contribution in [-0.2, 0) is 0 Å². The molecule has 1 heterocycles. The fraction of sp³-hybridized carbons (Fsp3) is 0.500. The standard InChI is InChI=1S/C14H20N4/c1-15-8-14(5-6-14)13(16-2)10-3-4-11-12(7-10)18-9-17-11/h3-4,7,9,13,15-16H,5-6,8H2,1-2H3,(H,17,18). The fourth-order valence-electron chi connectivity index (χ4n) is 3.04. The van der Waals surface area contributed by atoms with Crippen LogP contribution in [0.25, 0.3) is 11.0 Å². The smallest absolute Gasteiger partial charge is 0.0931 e. The topological polar surface area (TPSA) is 52.7 Å². The Balaban J connectivity index is 1.95. The molecule has 0 spiro atoms. The van der Waals surface area contributed by atoms with Gasteiger partial charge in [0.25, 0.3) is 0 Å². The van der Waals surface area contributed by atoms with Gasteiger partial charge in [0, 0.05) is 18.0 Å². The van der Waals surface area contributed by atoms with Crippen molar-refractivity contribution in [3.8, 4) is 0 Å². The Morgan fingerprint density at radius 1 is 1.39 bits per heavy atom. The number of imidazole rings is 1. The second-order valence-corrected chi connectivity index (χ2v) is 5.29. The molecule has 0 bridgehead atoms. The molecule has 4 nitrogen and oxygen atoms in total. The van der Waals surface area contributed by atoms with Crippen molar-refractivity contribution >= 4 is 11.0 Å². The first kappa shape index (κ1) is 11.7. The Hall–Kier alpha value is -1.39. The Kier molecular flexibility index (Phi) is 2.84. The lowest BCUT2D eigenvalue weighted by atomic mass is 9.89. The van der Waals surface area contributed by atoms with Gasteiger partial charge in [-0.2, -0.15) is 0 Å². The van der Waals surface area contributed by atoms with Crippen LogP contribution in [0.4, 0.5) is 0 Å². The van der Waals surface area contributed by atoms with Gasteiger partial charge in [0.05, 0.1) is 17.4 Å². The van der Waals surface area contributed by atoms with Gasteiger partial charge in [-0.15, -0.1) is 0 Å². The van der Waals surface area contributed by atoms with Crippen molar-refractivity contribution in [3.05, 3.63) is 30.1 Å². The average Bonchev–Trinajstić information content (AvgIpc) is 2.99. The number of hydrogen-bond donors (Lipinski definition) is 3. The zero-order valence-electron chi connectivity index (χ0n) is 11.0. The van der Waals surface area contributed by atoms with E-state index in [4.69, 9.17) is 0 Å².